The normalized spacial score (nSPS) is 20.2. The molecule has 1 aliphatic carbocycles. The van der Waals surface area contributed by atoms with Crippen molar-refractivity contribution in [3.63, 3.8) is 0 Å². The fraction of sp³-hybridized carbons (Fsp3) is 0.438. The molecule has 1 fully saturated rings. The Labute approximate surface area is 130 Å². The number of aromatic nitrogens is 1. The van der Waals surface area contributed by atoms with Crippen molar-refractivity contribution >= 4 is 17.7 Å². The molecule has 1 saturated carbocycles. The molecule has 0 unspecified atom stereocenters. The molecule has 2 rings (SSSR count). The number of methoxy groups -OCH3 is 1. The maximum Gasteiger partial charge on any atom is 0.308 e. The van der Waals surface area contributed by atoms with Crippen molar-refractivity contribution in [1.82, 2.24) is 10.3 Å². The Morgan fingerprint density at radius 1 is 1.45 bits per heavy atom. The number of nitrogens with one attached hydrogen (secondary N) is 2. The number of rotatable bonds is 6. The summed E-state index contributed by atoms with van der Waals surface area (Å²) >= 11 is 0. The molecule has 0 bridgehead atoms. The van der Waals surface area contributed by atoms with Crippen LogP contribution >= 0.6 is 0 Å². The van der Waals surface area contributed by atoms with Crippen LogP contribution < -0.4 is 10.6 Å². The van der Waals surface area contributed by atoms with Gasteiger partial charge < -0.3 is 15.4 Å². The summed E-state index contributed by atoms with van der Waals surface area (Å²) in [5, 5.41) is 5.99. The summed E-state index contributed by atoms with van der Waals surface area (Å²) in [6.45, 7) is 3.98. The van der Waals surface area contributed by atoms with Crippen molar-refractivity contribution in [2.75, 3.05) is 19.0 Å². The largest absolute Gasteiger partial charge is 0.469 e. The average molecular weight is 303 g/mol. The van der Waals surface area contributed by atoms with Crippen LogP contribution in [0.1, 0.15) is 29.6 Å². The third-order valence-corrected chi connectivity index (χ3v) is 3.75. The molecule has 0 aromatic carbocycles. The zero-order chi connectivity index (χ0) is 15.9. The molecule has 1 aromatic rings. The van der Waals surface area contributed by atoms with Gasteiger partial charge in [-0.3, -0.25) is 9.59 Å². The summed E-state index contributed by atoms with van der Waals surface area (Å²) in [7, 11) is 1.42. The summed E-state index contributed by atoms with van der Waals surface area (Å²) in [5.41, 5.74) is 0.506. The van der Waals surface area contributed by atoms with E-state index in [1.165, 1.54) is 13.3 Å². The van der Waals surface area contributed by atoms with Crippen molar-refractivity contribution < 1.29 is 14.3 Å². The van der Waals surface area contributed by atoms with Gasteiger partial charge in [-0.05, 0) is 31.4 Å². The molecule has 1 aliphatic rings. The molecule has 22 heavy (non-hydrogen) atoms. The minimum Gasteiger partial charge on any atom is -0.469 e. The molecular weight excluding hydrogens is 282 g/mol. The van der Waals surface area contributed by atoms with Crippen LogP contribution in [0.25, 0.3) is 0 Å². The number of carbonyl (C=O) groups is 2. The lowest BCUT2D eigenvalue weighted by atomic mass is 10.1. The Bertz CT molecular complexity index is 542. The second-order valence-corrected chi connectivity index (χ2v) is 5.31. The zero-order valence-electron chi connectivity index (χ0n) is 12.7. The van der Waals surface area contributed by atoms with Crippen LogP contribution in [0.4, 0.5) is 5.82 Å². The predicted molar refractivity (Wildman–Crippen MR) is 83.5 cm³/mol. The van der Waals surface area contributed by atoms with Gasteiger partial charge in [0.05, 0.1) is 18.6 Å². The number of carbonyl (C=O) groups excluding carboxylic acids is 2. The van der Waals surface area contributed by atoms with Crippen LogP contribution in [0.3, 0.4) is 0 Å². The Balaban J connectivity index is 1.88. The van der Waals surface area contributed by atoms with Gasteiger partial charge in [0.2, 0.25) is 0 Å². The molecule has 2 N–H and O–H groups in total. The van der Waals surface area contributed by atoms with Gasteiger partial charge in [0.15, 0.2) is 0 Å². The molecule has 0 saturated heterocycles. The van der Waals surface area contributed by atoms with E-state index < -0.39 is 0 Å². The molecule has 0 aliphatic heterocycles. The minimum atomic E-state index is -0.175. The van der Waals surface area contributed by atoms with Gasteiger partial charge in [-0.15, -0.1) is 6.58 Å². The summed E-state index contributed by atoms with van der Waals surface area (Å²) in [6, 6.07) is 3.70. The molecule has 1 heterocycles. The van der Waals surface area contributed by atoms with Crippen molar-refractivity contribution in [2.24, 2.45) is 5.92 Å². The van der Waals surface area contributed by atoms with Crippen LogP contribution in [-0.2, 0) is 9.53 Å². The van der Waals surface area contributed by atoms with Crippen molar-refractivity contribution in [3.05, 3.63) is 36.5 Å². The quantitative estimate of drug-likeness (QED) is 0.618. The van der Waals surface area contributed by atoms with Gasteiger partial charge in [0, 0.05) is 18.8 Å². The monoisotopic (exact) mass is 303 g/mol. The number of nitrogens with zero attached hydrogens (tertiary/aromatic N) is 1. The van der Waals surface area contributed by atoms with E-state index in [2.05, 4.69) is 22.2 Å². The van der Waals surface area contributed by atoms with E-state index in [1.807, 2.05) is 0 Å². The second kappa shape index (κ2) is 7.59. The lowest BCUT2D eigenvalue weighted by Gasteiger charge is -2.13. The Morgan fingerprint density at radius 2 is 2.27 bits per heavy atom. The highest BCUT2D eigenvalue weighted by molar-refractivity contribution is 5.94. The standard InChI is InChI=1S/C16H21N3O3/c1-3-8-17-15(20)12-5-7-14(18-10-12)19-13-6-4-11(9-13)16(21)22-2/h3,5,7,10-11,13H,1,4,6,8-9H2,2H3,(H,17,20)(H,18,19)/t11-,13+/m0/s1. The van der Waals surface area contributed by atoms with E-state index in [0.717, 1.165) is 19.3 Å². The molecule has 1 amide bonds. The van der Waals surface area contributed by atoms with E-state index in [0.29, 0.717) is 17.9 Å². The molecule has 118 valence electrons. The van der Waals surface area contributed by atoms with Crippen LogP contribution in [0.2, 0.25) is 0 Å². The molecular formula is C16H21N3O3. The minimum absolute atomic E-state index is 0.0357. The number of esters is 1. The first kappa shape index (κ1) is 16.0. The maximum absolute atomic E-state index is 11.7. The predicted octanol–water partition coefficient (Wildman–Crippen LogP) is 1.75. The number of hydrogen-bond acceptors (Lipinski definition) is 5. The fourth-order valence-corrected chi connectivity index (χ4v) is 2.58. The Morgan fingerprint density at radius 3 is 2.91 bits per heavy atom. The number of hydrogen-bond donors (Lipinski definition) is 2. The van der Waals surface area contributed by atoms with Gasteiger partial charge in [-0.25, -0.2) is 4.98 Å². The average Bonchev–Trinajstić information content (AvgIpc) is 3.01. The third-order valence-electron chi connectivity index (χ3n) is 3.75. The van der Waals surface area contributed by atoms with Gasteiger partial charge in [-0.2, -0.15) is 0 Å². The second-order valence-electron chi connectivity index (χ2n) is 5.31. The Hall–Kier alpha value is -2.37. The van der Waals surface area contributed by atoms with Crippen LogP contribution in [-0.4, -0.2) is 36.6 Å². The van der Waals surface area contributed by atoms with E-state index in [9.17, 15) is 9.59 Å². The number of ether oxygens (including phenoxy) is 1. The maximum atomic E-state index is 11.7. The summed E-state index contributed by atoms with van der Waals surface area (Å²) < 4.78 is 4.77. The highest BCUT2D eigenvalue weighted by Crippen LogP contribution is 2.28. The molecule has 6 nitrogen and oxygen atoms in total. The first-order valence-corrected chi connectivity index (χ1v) is 7.33. The molecule has 2 atom stereocenters. The van der Waals surface area contributed by atoms with E-state index in [1.54, 1.807) is 18.2 Å². The SMILES string of the molecule is C=CCNC(=O)c1ccc(N[C@@H]2CC[C@H](C(=O)OC)C2)nc1. The summed E-state index contributed by atoms with van der Waals surface area (Å²) in [4.78, 5) is 27.5. The van der Waals surface area contributed by atoms with E-state index >= 15 is 0 Å². The van der Waals surface area contributed by atoms with Crippen molar-refractivity contribution in [3.8, 4) is 0 Å². The summed E-state index contributed by atoms with van der Waals surface area (Å²) in [6.07, 6.45) is 5.64. The topological polar surface area (TPSA) is 80.3 Å². The number of pyridine rings is 1. The summed E-state index contributed by atoms with van der Waals surface area (Å²) in [5.74, 6) is 0.347. The van der Waals surface area contributed by atoms with Crippen LogP contribution in [0, 0.1) is 5.92 Å². The molecule has 0 radical (unpaired) electrons. The fourth-order valence-electron chi connectivity index (χ4n) is 2.58. The zero-order valence-corrected chi connectivity index (χ0v) is 12.7. The van der Waals surface area contributed by atoms with Gasteiger partial charge in [0.1, 0.15) is 5.82 Å². The van der Waals surface area contributed by atoms with E-state index in [-0.39, 0.29) is 23.8 Å². The Kier molecular flexibility index (Phi) is 5.52. The van der Waals surface area contributed by atoms with Gasteiger partial charge in [-0.1, -0.05) is 6.08 Å². The lowest BCUT2D eigenvalue weighted by molar-refractivity contribution is -0.145. The molecule has 0 spiro atoms. The number of amides is 1. The van der Waals surface area contributed by atoms with Crippen molar-refractivity contribution in [1.29, 1.82) is 0 Å². The first-order valence-electron chi connectivity index (χ1n) is 7.33. The third kappa shape index (κ3) is 4.07. The van der Waals surface area contributed by atoms with Crippen LogP contribution in [0.5, 0.6) is 0 Å². The lowest BCUT2D eigenvalue weighted by Crippen LogP contribution is -2.23. The van der Waals surface area contributed by atoms with Crippen molar-refractivity contribution in [2.45, 2.75) is 25.3 Å². The highest BCUT2D eigenvalue weighted by atomic mass is 16.5. The van der Waals surface area contributed by atoms with Gasteiger partial charge in [0.25, 0.3) is 5.91 Å². The van der Waals surface area contributed by atoms with E-state index in [4.69, 9.17) is 4.74 Å². The van der Waals surface area contributed by atoms with Gasteiger partial charge >= 0.3 is 5.97 Å². The highest BCUT2D eigenvalue weighted by Gasteiger charge is 2.30. The number of anilines is 1. The first-order chi connectivity index (χ1) is 10.6. The van der Waals surface area contributed by atoms with Crippen LogP contribution in [0.15, 0.2) is 31.0 Å². The molecule has 1 aromatic heterocycles. The smallest absolute Gasteiger partial charge is 0.308 e. The molecule has 6 heteroatoms.